The molecule has 0 spiro atoms. The molecular weight excluding hydrogens is 392 g/mol. The Balaban J connectivity index is 1.74. The summed E-state index contributed by atoms with van der Waals surface area (Å²) in [4.78, 5) is 16.0. The minimum atomic E-state index is -0.0717. The lowest BCUT2D eigenvalue weighted by Crippen LogP contribution is -2.38. The smallest absolute Gasteiger partial charge is 0.251 e. The summed E-state index contributed by atoms with van der Waals surface area (Å²) >= 11 is 0. The normalized spacial score (nSPS) is 11.0. The molecule has 0 atom stereocenters. The third-order valence-electron chi connectivity index (χ3n) is 4.81. The van der Waals surface area contributed by atoms with E-state index in [4.69, 9.17) is 9.47 Å². The third kappa shape index (κ3) is 7.85. The van der Waals surface area contributed by atoms with Crippen molar-refractivity contribution in [3.8, 4) is 11.5 Å². The number of hydrogen-bond donors (Lipinski definition) is 3. The van der Waals surface area contributed by atoms with E-state index in [1.165, 1.54) is 5.56 Å². The van der Waals surface area contributed by atoms with Crippen molar-refractivity contribution in [3.63, 3.8) is 0 Å². The van der Waals surface area contributed by atoms with Crippen LogP contribution in [-0.4, -0.2) is 52.8 Å². The van der Waals surface area contributed by atoms with Gasteiger partial charge in [0, 0.05) is 32.7 Å². The number of nitrogens with zero attached hydrogens (tertiary/aromatic N) is 1. The number of aryl methyl sites for hydroxylation is 1. The molecule has 0 heterocycles. The topological polar surface area (TPSA) is 84.0 Å². The van der Waals surface area contributed by atoms with Gasteiger partial charge in [-0.25, -0.2) is 0 Å². The summed E-state index contributed by atoms with van der Waals surface area (Å²) in [6.45, 7) is 4.11. The molecule has 2 aromatic carbocycles. The maximum atomic E-state index is 11.8. The fourth-order valence-corrected chi connectivity index (χ4v) is 3.20. The van der Waals surface area contributed by atoms with Crippen molar-refractivity contribution in [2.24, 2.45) is 4.99 Å². The second-order valence-corrected chi connectivity index (χ2v) is 6.98. The van der Waals surface area contributed by atoms with E-state index in [0.717, 1.165) is 55.4 Å². The third-order valence-corrected chi connectivity index (χ3v) is 4.81. The van der Waals surface area contributed by atoms with Crippen LogP contribution in [0.5, 0.6) is 11.5 Å². The molecule has 0 saturated carbocycles. The summed E-state index contributed by atoms with van der Waals surface area (Å²) in [7, 11) is 5.05. The van der Waals surface area contributed by atoms with Gasteiger partial charge in [-0.15, -0.1) is 0 Å². The molecule has 0 aliphatic heterocycles. The van der Waals surface area contributed by atoms with Crippen LogP contribution < -0.4 is 25.4 Å². The van der Waals surface area contributed by atoms with Gasteiger partial charge >= 0.3 is 0 Å². The molecule has 0 aliphatic carbocycles. The number of rotatable bonds is 11. The number of nitrogens with one attached hydrogen (secondary N) is 3. The van der Waals surface area contributed by atoms with Gasteiger partial charge in [0.2, 0.25) is 0 Å². The number of carbonyl (C=O) groups is 1. The Morgan fingerprint density at radius 2 is 1.77 bits per heavy atom. The molecule has 7 heteroatoms. The van der Waals surface area contributed by atoms with Crippen molar-refractivity contribution in [1.82, 2.24) is 16.0 Å². The Morgan fingerprint density at radius 1 is 1.00 bits per heavy atom. The molecule has 3 N–H and O–H groups in total. The van der Waals surface area contributed by atoms with Gasteiger partial charge in [0.15, 0.2) is 17.5 Å². The fourth-order valence-electron chi connectivity index (χ4n) is 3.20. The molecule has 7 nitrogen and oxygen atoms in total. The molecule has 0 saturated heterocycles. The number of methoxy groups -OCH3 is 1. The molecule has 0 fully saturated rings. The molecule has 0 radical (unpaired) electrons. The van der Waals surface area contributed by atoms with Gasteiger partial charge in [0.1, 0.15) is 0 Å². The van der Waals surface area contributed by atoms with Crippen LogP contribution in [0.4, 0.5) is 0 Å². The molecule has 0 aliphatic rings. The molecule has 2 rings (SSSR count). The lowest BCUT2D eigenvalue weighted by atomic mass is 10.1. The van der Waals surface area contributed by atoms with E-state index in [-0.39, 0.29) is 5.91 Å². The van der Waals surface area contributed by atoms with Gasteiger partial charge in [-0.2, -0.15) is 0 Å². The van der Waals surface area contributed by atoms with Crippen molar-refractivity contribution < 1.29 is 14.3 Å². The summed E-state index contributed by atoms with van der Waals surface area (Å²) in [6, 6.07) is 13.7. The van der Waals surface area contributed by atoms with Gasteiger partial charge in [0.25, 0.3) is 5.91 Å². The maximum Gasteiger partial charge on any atom is 0.251 e. The van der Waals surface area contributed by atoms with E-state index >= 15 is 0 Å². The number of guanidine groups is 1. The molecule has 31 heavy (non-hydrogen) atoms. The largest absolute Gasteiger partial charge is 0.493 e. The Bertz CT molecular complexity index is 868. The monoisotopic (exact) mass is 426 g/mol. The van der Waals surface area contributed by atoms with E-state index in [2.05, 4.69) is 27.0 Å². The first kappa shape index (κ1) is 24.1. The maximum absolute atomic E-state index is 11.8. The Hall–Kier alpha value is -3.22. The van der Waals surface area contributed by atoms with E-state index in [1.807, 2.05) is 43.3 Å². The number of hydrogen-bond acceptors (Lipinski definition) is 4. The van der Waals surface area contributed by atoms with Crippen LogP contribution in [0.1, 0.15) is 34.8 Å². The standard InChI is InChI=1S/C24H34N4O3/c1-5-31-22-17-18(11-12-21(22)30-4)9-7-14-27-24(26-3)28-15-13-19-8-6-10-20(16-19)23(29)25-2/h6,8,10-12,16-17H,5,7,9,13-15H2,1-4H3,(H,25,29)(H2,26,27,28). The number of ether oxygens (including phenoxy) is 2. The van der Waals surface area contributed by atoms with E-state index in [9.17, 15) is 4.79 Å². The molecule has 1 amide bonds. The van der Waals surface area contributed by atoms with Crippen molar-refractivity contribution in [1.29, 1.82) is 0 Å². The van der Waals surface area contributed by atoms with Gasteiger partial charge < -0.3 is 25.4 Å². The zero-order valence-corrected chi connectivity index (χ0v) is 19.0. The summed E-state index contributed by atoms with van der Waals surface area (Å²) in [5, 5.41) is 9.32. The second kappa shape index (κ2) is 13.2. The first-order valence-corrected chi connectivity index (χ1v) is 10.7. The zero-order chi connectivity index (χ0) is 22.5. The van der Waals surface area contributed by atoms with Crippen LogP contribution in [0.15, 0.2) is 47.5 Å². The first-order chi connectivity index (χ1) is 15.1. The lowest BCUT2D eigenvalue weighted by molar-refractivity contribution is 0.0963. The fraction of sp³-hybridized carbons (Fsp3) is 0.417. The Morgan fingerprint density at radius 3 is 2.48 bits per heavy atom. The summed E-state index contributed by atoms with van der Waals surface area (Å²) < 4.78 is 11.0. The van der Waals surface area contributed by atoms with Crippen LogP contribution in [0, 0.1) is 0 Å². The average Bonchev–Trinajstić information content (AvgIpc) is 2.80. The van der Waals surface area contributed by atoms with Crippen LogP contribution in [0.2, 0.25) is 0 Å². The number of carbonyl (C=O) groups excluding carboxylic acids is 1. The van der Waals surface area contributed by atoms with E-state index in [0.29, 0.717) is 12.2 Å². The molecule has 0 bridgehead atoms. The SMILES string of the molecule is CCOc1cc(CCCNC(=NC)NCCc2cccc(C(=O)NC)c2)ccc1OC. The quantitative estimate of drug-likeness (QED) is 0.292. The zero-order valence-electron chi connectivity index (χ0n) is 19.0. The number of benzene rings is 2. The highest BCUT2D eigenvalue weighted by molar-refractivity contribution is 5.94. The van der Waals surface area contributed by atoms with Gasteiger partial charge in [0.05, 0.1) is 13.7 Å². The number of amides is 1. The molecular formula is C24H34N4O3. The van der Waals surface area contributed by atoms with Crippen LogP contribution in [0.25, 0.3) is 0 Å². The molecule has 0 unspecified atom stereocenters. The van der Waals surface area contributed by atoms with Crippen molar-refractivity contribution >= 4 is 11.9 Å². The second-order valence-electron chi connectivity index (χ2n) is 6.98. The molecule has 0 aromatic heterocycles. The lowest BCUT2D eigenvalue weighted by Gasteiger charge is -2.13. The summed E-state index contributed by atoms with van der Waals surface area (Å²) in [5.74, 6) is 2.24. The van der Waals surface area contributed by atoms with Crippen LogP contribution in [-0.2, 0) is 12.8 Å². The van der Waals surface area contributed by atoms with Crippen LogP contribution in [0.3, 0.4) is 0 Å². The minimum Gasteiger partial charge on any atom is -0.493 e. The molecule has 2 aromatic rings. The van der Waals surface area contributed by atoms with Gasteiger partial charge in [-0.05, 0) is 61.6 Å². The van der Waals surface area contributed by atoms with Gasteiger partial charge in [-0.3, -0.25) is 9.79 Å². The predicted octanol–water partition coefficient (Wildman–Crippen LogP) is 2.79. The highest BCUT2D eigenvalue weighted by Crippen LogP contribution is 2.28. The average molecular weight is 427 g/mol. The highest BCUT2D eigenvalue weighted by atomic mass is 16.5. The minimum absolute atomic E-state index is 0.0717. The highest BCUT2D eigenvalue weighted by Gasteiger charge is 2.06. The van der Waals surface area contributed by atoms with E-state index in [1.54, 1.807) is 21.2 Å². The summed E-state index contributed by atoms with van der Waals surface area (Å²) in [5.41, 5.74) is 2.99. The Labute approximate surface area is 185 Å². The first-order valence-electron chi connectivity index (χ1n) is 10.7. The van der Waals surface area contributed by atoms with Crippen LogP contribution >= 0.6 is 0 Å². The predicted molar refractivity (Wildman–Crippen MR) is 125 cm³/mol. The molecule has 168 valence electrons. The van der Waals surface area contributed by atoms with E-state index < -0.39 is 0 Å². The van der Waals surface area contributed by atoms with Crippen molar-refractivity contribution in [2.75, 3.05) is 40.9 Å². The van der Waals surface area contributed by atoms with Crippen molar-refractivity contribution in [3.05, 3.63) is 59.2 Å². The van der Waals surface area contributed by atoms with Crippen molar-refractivity contribution in [2.45, 2.75) is 26.2 Å². The summed E-state index contributed by atoms with van der Waals surface area (Å²) in [6.07, 6.45) is 2.70. The number of aliphatic imine (C=N–C) groups is 1. The van der Waals surface area contributed by atoms with Gasteiger partial charge in [-0.1, -0.05) is 18.2 Å². The Kier molecular flexibility index (Phi) is 10.2.